The Morgan fingerprint density at radius 3 is 2.71 bits per heavy atom. The molecule has 0 atom stereocenters. The third-order valence-corrected chi connectivity index (χ3v) is 3.20. The van der Waals surface area contributed by atoms with E-state index in [9.17, 15) is 4.79 Å². The van der Waals surface area contributed by atoms with Gasteiger partial charge >= 0.3 is 0 Å². The molecule has 1 heterocycles. The third kappa shape index (κ3) is 2.31. The highest BCUT2D eigenvalue weighted by molar-refractivity contribution is 9.10. The summed E-state index contributed by atoms with van der Waals surface area (Å²) in [4.78, 5) is 11.0. The van der Waals surface area contributed by atoms with E-state index in [2.05, 4.69) is 21.0 Å². The molecular weight excluding hydrogens is 284 g/mol. The van der Waals surface area contributed by atoms with Crippen LogP contribution in [0.15, 0.2) is 34.9 Å². The van der Waals surface area contributed by atoms with Crippen LogP contribution >= 0.6 is 15.9 Å². The largest absolute Gasteiger partial charge is 0.383 e. The van der Waals surface area contributed by atoms with E-state index < -0.39 is 5.91 Å². The average molecular weight is 295 g/mol. The molecule has 0 bridgehead atoms. The van der Waals surface area contributed by atoms with Gasteiger partial charge in [0.15, 0.2) is 0 Å². The minimum absolute atomic E-state index is 0.247. The molecule has 0 unspecified atom stereocenters. The van der Waals surface area contributed by atoms with Crippen LogP contribution in [0.3, 0.4) is 0 Å². The molecule has 5 nitrogen and oxygen atoms in total. The second-order valence-electron chi connectivity index (χ2n) is 3.56. The summed E-state index contributed by atoms with van der Waals surface area (Å²) >= 11 is 3.44. The first-order valence-electron chi connectivity index (χ1n) is 4.94. The minimum atomic E-state index is -0.569. The number of aromatic nitrogens is 2. The van der Waals surface area contributed by atoms with Gasteiger partial charge in [0.2, 0.25) is 0 Å². The lowest BCUT2D eigenvalue weighted by Crippen LogP contribution is -2.14. The molecule has 0 fully saturated rings. The number of amides is 1. The molecular formula is C11H11BrN4O. The fourth-order valence-corrected chi connectivity index (χ4v) is 1.91. The Morgan fingerprint density at radius 1 is 1.41 bits per heavy atom. The molecule has 6 heteroatoms. The lowest BCUT2D eigenvalue weighted by atomic mass is 10.2. The smallest absolute Gasteiger partial charge is 0.254 e. The highest BCUT2D eigenvalue weighted by Gasteiger charge is 2.12. The molecule has 1 amide bonds. The summed E-state index contributed by atoms with van der Waals surface area (Å²) in [6, 6.07) is 7.74. The predicted octanol–water partition coefficient (Wildman–Crippen LogP) is 1.37. The zero-order valence-corrected chi connectivity index (χ0v) is 10.5. The summed E-state index contributed by atoms with van der Waals surface area (Å²) in [7, 11) is 0. The molecule has 88 valence electrons. The van der Waals surface area contributed by atoms with Crippen molar-refractivity contribution in [2.75, 3.05) is 5.73 Å². The number of hydrogen-bond acceptors (Lipinski definition) is 3. The lowest BCUT2D eigenvalue weighted by Gasteiger charge is -2.06. The van der Waals surface area contributed by atoms with Crippen LogP contribution in [0, 0.1) is 0 Å². The molecule has 0 aliphatic carbocycles. The summed E-state index contributed by atoms with van der Waals surface area (Å²) in [6.45, 7) is 0.487. The lowest BCUT2D eigenvalue weighted by molar-refractivity contribution is 0.100. The molecule has 0 saturated carbocycles. The van der Waals surface area contributed by atoms with Gasteiger partial charge in [0.1, 0.15) is 11.4 Å². The van der Waals surface area contributed by atoms with Crippen molar-refractivity contribution in [1.82, 2.24) is 9.78 Å². The monoisotopic (exact) mass is 294 g/mol. The van der Waals surface area contributed by atoms with Crippen LogP contribution in [-0.4, -0.2) is 15.7 Å². The van der Waals surface area contributed by atoms with E-state index >= 15 is 0 Å². The number of nitrogen functional groups attached to an aromatic ring is 1. The van der Waals surface area contributed by atoms with Crippen LogP contribution in [0.4, 0.5) is 5.82 Å². The normalized spacial score (nSPS) is 10.4. The molecule has 0 aliphatic rings. The van der Waals surface area contributed by atoms with Crippen LogP contribution in [-0.2, 0) is 6.54 Å². The van der Waals surface area contributed by atoms with Gasteiger partial charge in [-0.25, -0.2) is 4.68 Å². The second-order valence-corrected chi connectivity index (χ2v) is 4.41. The van der Waals surface area contributed by atoms with E-state index in [1.165, 1.54) is 6.20 Å². The molecule has 1 aromatic heterocycles. The topological polar surface area (TPSA) is 86.9 Å². The number of carbonyl (C=O) groups is 1. The number of hydrogen-bond donors (Lipinski definition) is 2. The summed E-state index contributed by atoms with van der Waals surface area (Å²) < 4.78 is 2.51. The van der Waals surface area contributed by atoms with Gasteiger partial charge in [-0.1, -0.05) is 34.1 Å². The number of benzene rings is 1. The van der Waals surface area contributed by atoms with Crippen molar-refractivity contribution in [3.8, 4) is 0 Å². The van der Waals surface area contributed by atoms with Crippen molar-refractivity contribution in [1.29, 1.82) is 0 Å². The number of halogens is 1. The van der Waals surface area contributed by atoms with Crippen LogP contribution in [0.5, 0.6) is 0 Å². The molecule has 0 saturated heterocycles. The van der Waals surface area contributed by atoms with Crippen molar-refractivity contribution in [3.63, 3.8) is 0 Å². The van der Waals surface area contributed by atoms with Crippen LogP contribution in [0.25, 0.3) is 0 Å². The third-order valence-electron chi connectivity index (χ3n) is 2.42. The van der Waals surface area contributed by atoms with Gasteiger partial charge in [-0.2, -0.15) is 5.10 Å². The zero-order chi connectivity index (χ0) is 12.4. The predicted molar refractivity (Wildman–Crippen MR) is 68.4 cm³/mol. The standard InChI is InChI=1S/C11H11BrN4O/c12-9-4-2-1-3-7(9)6-16-10(13)8(5-15-16)11(14)17/h1-5H,6,13H2,(H2,14,17). The van der Waals surface area contributed by atoms with Gasteiger partial charge in [0.25, 0.3) is 5.91 Å². The van der Waals surface area contributed by atoms with Crippen molar-refractivity contribution in [3.05, 3.63) is 46.1 Å². The Kier molecular flexibility index (Phi) is 3.14. The van der Waals surface area contributed by atoms with Crippen molar-refractivity contribution >= 4 is 27.7 Å². The molecule has 4 N–H and O–H groups in total. The van der Waals surface area contributed by atoms with Crippen LogP contribution in [0.1, 0.15) is 15.9 Å². The average Bonchev–Trinajstić information content (AvgIpc) is 2.64. The van der Waals surface area contributed by atoms with E-state index in [4.69, 9.17) is 11.5 Å². The highest BCUT2D eigenvalue weighted by atomic mass is 79.9. The van der Waals surface area contributed by atoms with E-state index in [1.807, 2.05) is 24.3 Å². The van der Waals surface area contributed by atoms with E-state index in [1.54, 1.807) is 4.68 Å². The van der Waals surface area contributed by atoms with Gasteiger partial charge < -0.3 is 11.5 Å². The Morgan fingerprint density at radius 2 is 2.12 bits per heavy atom. The molecule has 17 heavy (non-hydrogen) atoms. The summed E-state index contributed by atoms with van der Waals surface area (Å²) in [5, 5.41) is 4.04. The molecule has 1 aromatic carbocycles. The Hall–Kier alpha value is -1.82. The highest BCUT2D eigenvalue weighted by Crippen LogP contribution is 2.19. The van der Waals surface area contributed by atoms with E-state index in [0.29, 0.717) is 6.54 Å². The maximum Gasteiger partial charge on any atom is 0.254 e. The Balaban J connectivity index is 2.31. The van der Waals surface area contributed by atoms with Crippen molar-refractivity contribution < 1.29 is 4.79 Å². The van der Waals surface area contributed by atoms with Crippen molar-refractivity contribution in [2.45, 2.75) is 6.54 Å². The van der Waals surface area contributed by atoms with Gasteiger partial charge in [0, 0.05) is 4.47 Å². The first-order chi connectivity index (χ1) is 8.09. The van der Waals surface area contributed by atoms with Gasteiger partial charge in [-0.3, -0.25) is 4.79 Å². The van der Waals surface area contributed by atoms with Crippen LogP contribution in [0.2, 0.25) is 0 Å². The van der Waals surface area contributed by atoms with Crippen molar-refractivity contribution in [2.24, 2.45) is 5.73 Å². The maximum atomic E-state index is 11.0. The minimum Gasteiger partial charge on any atom is -0.383 e. The summed E-state index contributed by atoms with van der Waals surface area (Å²) in [5.41, 5.74) is 12.2. The number of rotatable bonds is 3. The molecule has 2 aromatic rings. The van der Waals surface area contributed by atoms with Gasteiger partial charge in [-0.05, 0) is 11.6 Å². The number of anilines is 1. The molecule has 0 aliphatic heterocycles. The Labute approximate surface area is 107 Å². The number of carbonyl (C=O) groups excluding carboxylic acids is 1. The maximum absolute atomic E-state index is 11.0. The number of nitrogens with two attached hydrogens (primary N) is 2. The fourth-order valence-electron chi connectivity index (χ4n) is 1.50. The van der Waals surface area contributed by atoms with Gasteiger partial charge in [0.05, 0.1) is 12.7 Å². The quantitative estimate of drug-likeness (QED) is 0.896. The Bertz CT molecular complexity index is 564. The number of nitrogens with zero attached hydrogens (tertiary/aromatic N) is 2. The van der Waals surface area contributed by atoms with Crippen LogP contribution < -0.4 is 11.5 Å². The first-order valence-corrected chi connectivity index (χ1v) is 5.73. The molecule has 0 radical (unpaired) electrons. The summed E-state index contributed by atoms with van der Waals surface area (Å²) in [5.74, 6) is -0.283. The molecule has 2 rings (SSSR count). The van der Waals surface area contributed by atoms with E-state index in [0.717, 1.165) is 10.0 Å². The van der Waals surface area contributed by atoms with E-state index in [-0.39, 0.29) is 11.4 Å². The zero-order valence-electron chi connectivity index (χ0n) is 8.93. The SMILES string of the molecule is NC(=O)c1cnn(Cc2ccccc2Br)c1N. The number of primary amides is 1. The first kappa shape index (κ1) is 11.7. The van der Waals surface area contributed by atoms with Gasteiger partial charge in [-0.15, -0.1) is 0 Å². The molecule has 0 spiro atoms. The summed E-state index contributed by atoms with van der Waals surface area (Å²) in [6.07, 6.45) is 1.38. The fraction of sp³-hybridized carbons (Fsp3) is 0.0909. The second kappa shape index (κ2) is 4.58.